The molecule has 1 aromatic rings. The van der Waals surface area contributed by atoms with Gasteiger partial charge in [-0.05, 0) is 57.7 Å². The Morgan fingerprint density at radius 3 is 2.44 bits per heavy atom. The van der Waals surface area contributed by atoms with Gasteiger partial charge in [-0.2, -0.15) is 0 Å². The van der Waals surface area contributed by atoms with E-state index in [4.69, 9.17) is 4.74 Å². The number of amides is 1. The smallest absolute Gasteiger partial charge is 0.415 e. The lowest BCUT2D eigenvalue weighted by Gasteiger charge is -2.43. The minimum Gasteiger partial charge on any atom is -0.480 e. The number of carboxylic acids is 1. The fourth-order valence-corrected chi connectivity index (χ4v) is 4.01. The highest BCUT2D eigenvalue weighted by Gasteiger charge is 2.49. The van der Waals surface area contributed by atoms with Crippen LogP contribution in [0.1, 0.15) is 49.8 Å². The van der Waals surface area contributed by atoms with E-state index in [1.165, 1.54) is 4.90 Å². The van der Waals surface area contributed by atoms with Gasteiger partial charge in [-0.3, -0.25) is 4.90 Å². The number of carboxylic acid groups (broad SMARTS) is 1. The predicted molar refractivity (Wildman–Crippen MR) is 96.0 cm³/mol. The Morgan fingerprint density at radius 1 is 1.20 bits per heavy atom. The molecule has 0 unspecified atom stereocenters. The zero-order valence-electron chi connectivity index (χ0n) is 15.4. The highest BCUT2D eigenvalue weighted by Crippen LogP contribution is 2.50. The normalized spacial score (nSPS) is 24.7. The van der Waals surface area contributed by atoms with Crippen molar-refractivity contribution >= 4 is 17.7 Å². The van der Waals surface area contributed by atoms with Crippen LogP contribution in [0.4, 0.5) is 10.5 Å². The van der Waals surface area contributed by atoms with Crippen molar-refractivity contribution in [3.05, 3.63) is 41.0 Å². The van der Waals surface area contributed by atoms with Gasteiger partial charge in [0.15, 0.2) is 0 Å². The number of ether oxygens (including phenoxy) is 1. The summed E-state index contributed by atoms with van der Waals surface area (Å²) >= 11 is 0. The number of fused-ring (bicyclic) bond motifs is 3. The van der Waals surface area contributed by atoms with Crippen LogP contribution in [0, 0.1) is 19.8 Å². The van der Waals surface area contributed by atoms with E-state index in [2.05, 4.69) is 6.08 Å². The Bertz CT molecular complexity index is 760. The zero-order valence-corrected chi connectivity index (χ0v) is 15.4. The summed E-state index contributed by atoms with van der Waals surface area (Å²) < 4.78 is 5.56. The van der Waals surface area contributed by atoms with Crippen LogP contribution in [0.5, 0.6) is 0 Å². The van der Waals surface area contributed by atoms with Gasteiger partial charge in [0.1, 0.15) is 11.6 Å². The van der Waals surface area contributed by atoms with Gasteiger partial charge >= 0.3 is 12.1 Å². The van der Waals surface area contributed by atoms with Crippen LogP contribution in [-0.4, -0.2) is 28.8 Å². The Kier molecular flexibility index (Phi) is 4.13. The molecule has 3 atom stereocenters. The average Bonchev–Trinajstić information content (AvgIpc) is 2.95. The number of anilines is 1. The molecule has 3 rings (SSSR count). The first-order valence-electron chi connectivity index (χ1n) is 8.63. The number of nitrogens with zero attached hydrogens (tertiary/aromatic N) is 1. The Balaban J connectivity index is 2.21. The summed E-state index contributed by atoms with van der Waals surface area (Å²) in [6.45, 7) is 9.28. The van der Waals surface area contributed by atoms with Gasteiger partial charge < -0.3 is 9.84 Å². The summed E-state index contributed by atoms with van der Waals surface area (Å²) in [6, 6.07) is 3.04. The molecule has 5 nitrogen and oxygen atoms in total. The van der Waals surface area contributed by atoms with Gasteiger partial charge in [-0.15, -0.1) is 0 Å². The van der Waals surface area contributed by atoms with E-state index in [0.29, 0.717) is 12.1 Å². The number of hydrogen-bond donors (Lipinski definition) is 1. The van der Waals surface area contributed by atoms with Crippen molar-refractivity contribution in [1.82, 2.24) is 0 Å². The van der Waals surface area contributed by atoms with E-state index < -0.39 is 23.7 Å². The molecular formula is C20H25NO4. The molecule has 0 saturated carbocycles. The summed E-state index contributed by atoms with van der Waals surface area (Å²) in [7, 11) is 0. The molecule has 1 amide bonds. The van der Waals surface area contributed by atoms with Crippen LogP contribution < -0.4 is 4.90 Å². The van der Waals surface area contributed by atoms with Crippen molar-refractivity contribution in [3.63, 3.8) is 0 Å². The lowest BCUT2D eigenvalue weighted by molar-refractivity contribution is -0.140. The van der Waals surface area contributed by atoms with Crippen molar-refractivity contribution in [2.24, 2.45) is 5.92 Å². The molecule has 0 saturated heterocycles. The number of rotatable bonds is 1. The second-order valence-corrected chi connectivity index (χ2v) is 7.95. The first kappa shape index (κ1) is 17.5. The number of allylic oxidation sites excluding steroid dienone is 2. The maximum atomic E-state index is 13.0. The van der Waals surface area contributed by atoms with Gasteiger partial charge in [0.25, 0.3) is 0 Å². The van der Waals surface area contributed by atoms with Crippen LogP contribution in [0.25, 0.3) is 0 Å². The molecule has 1 N–H and O–H groups in total. The van der Waals surface area contributed by atoms with Crippen molar-refractivity contribution in [1.29, 1.82) is 0 Å². The first-order valence-corrected chi connectivity index (χ1v) is 8.63. The monoisotopic (exact) mass is 343 g/mol. The molecule has 0 bridgehead atoms. The molecule has 2 aliphatic rings. The van der Waals surface area contributed by atoms with Gasteiger partial charge in [-0.1, -0.05) is 24.3 Å². The number of hydrogen-bond acceptors (Lipinski definition) is 3. The highest BCUT2D eigenvalue weighted by atomic mass is 16.6. The third-order valence-corrected chi connectivity index (χ3v) is 4.95. The van der Waals surface area contributed by atoms with E-state index in [9.17, 15) is 14.7 Å². The van der Waals surface area contributed by atoms with Crippen molar-refractivity contribution < 1.29 is 19.4 Å². The molecule has 1 aromatic carbocycles. The number of aliphatic carboxylic acids is 1. The van der Waals surface area contributed by atoms with Crippen LogP contribution in [0.3, 0.4) is 0 Å². The maximum absolute atomic E-state index is 13.0. The van der Waals surface area contributed by atoms with Gasteiger partial charge in [0.05, 0.1) is 5.69 Å². The maximum Gasteiger partial charge on any atom is 0.415 e. The molecule has 134 valence electrons. The van der Waals surface area contributed by atoms with Crippen molar-refractivity contribution in [2.45, 2.75) is 58.6 Å². The predicted octanol–water partition coefficient (Wildman–Crippen LogP) is 4.17. The quantitative estimate of drug-likeness (QED) is 0.777. The third-order valence-electron chi connectivity index (χ3n) is 4.95. The molecule has 0 fully saturated rings. The Morgan fingerprint density at radius 2 is 1.84 bits per heavy atom. The number of benzene rings is 1. The lowest BCUT2D eigenvalue weighted by Crippen LogP contribution is -2.55. The average molecular weight is 343 g/mol. The largest absolute Gasteiger partial charge is 0.480 e. The first-order chi connectivity index (χ1) is 11.6. The summed E-state index contributed by atoms with van der Waals surface area (Å²) in [5, 5.41) is 9.91. The molecule has 0 aromatic heterocycles. The third kappa shape index (κ3) is 2.92. The fourth-order valence-electron chi connectivity index (χ4n) is 4.01. The molecule has 25 heavy (non-hydrogen) atoms. The lowest BCUT2D eigenvalue weighted by atomic mass is 9.76. The van der Waals surface area contributed by atoms with Gasteiger partial charge in [-0.25, -0.2) is 9.59 Å². The molecule has 0 spiro atoms. The highest BCUT2D eigenvalue weighted by molar-refractivity contribution is 5.99. The van der Waals surface area contributed by atoms with E-state index in [1.807, 2.05) is 32.1 Å². The minimum atomic E-state index is -0.990. The molecular weight excluding hydrogens is 318 g/mol. The fraction of sp³-hybridized carbons (Fsp3) is 0.500. The zero-order chi connectivity index (χ0) is 18.5. The van der Waals surface area contributed by atoms with Gasteiger partial charge in [0, 0.05) is 11.8 Å². The topological polar surface area (TPSA) is 66.8 Å². The molecule has 1 heterocycles. The summed E-state index contributed by atoms with van der Waals surface area (Å²) in [6.07, 6.45) is 4.15. The minimum absolute atomic E-state index is 0.0229. The molecule has 5 heteroatoms. The van der Waals surface area contributed by atoms with Crippen molar-refractivity contribution in [2.75, 3.05) is 4.90 Å². The summed E-state index contributed by atoms with van der Waals surface area (Å²) in [5.41, 5.74) is 3.00. The standard InChI is InChI=1S/C20H25NO4/c1-11-9-10-12(2)16-15(11)13-7-6-8-14(13)17(18(22)23)21(16)19(24)25-20(3,4)5/h6-7,9-10,13-14,17H,8H2,1-5H3,(H,22,23)/t13-,14+,17-/m0/s1. The van der Waals surface area contributed by atoms with Crippen LogP contribution >= 0.6 is 0 Å². The van der Waals surface area contributed by atoms with E-state index in [-0.39, 0.29) is 11.8 Å². The number of carbonyl (C=O) groups is 2. The van der Waals surface area contributed by atoms with E-state index in [0.717, 1.165) is 16.7 Å². The van der Waals surface area contributed by atoms with Crippen molar-refractivity contribution in [3.8, 4) is 0 Å². The Hall–Kier alpha value is -2.30. The second-order valence-electron chi connectivity index (χ2n) is 7.95. The van der Waals surface area contributed by atoms with Crippen LogP contribution in [0.15, 0.2) is 24.3 Å². The van der Waals surface area contributed by atoms with Crippen LogP contribution in [0.2, 0.25) is 0 Å². The van der Waals surface area contributed by atoms with Gasteiger partial charge in [0.2, 0.25) is 0 Å². The summed E-state index contributed by atoms with van der Waals surface area (Å²) in [4.78, 5) is 26.4. The second kappa shape index (κ2) is 5.90. The Labute approximate surface area is 148 Å². The number of carbonyl (C=O) groups excluding carboxylic acids is 1. The van der Waals surface area contributed by atoms with E-state index >= 15 is 0 Å². The molecule has 1 aliphatic carbocycles. The summed E-state index contributed by atoms with van der Waals surface area (Å²) in [5.74, 6) is -1.14. The number of aryl methyl sites for hydroxylation is 2. The van der Waals surface area contributed by atoms with E-state index in [1.54, 1.807) is 20.8 Å². The van der Waals surface area contributed by atoms with Crippen LogP contribution in [-0.2, 0) is 9.53 Å². The molecule has 1 aliphatic heterocycles. The molecule has 0 radical (unpaired) electrons. The SMILES string of the molecule is Cc1ccc(C)c2c1[C@H]1C=CC[C@H]1[C@@H](C(=O)O)N2C(=O)OC(C)(C)C.